The molecule has 2 rings (SSSR count). The third kappa shape index (κ3) is 1.80. The van der Waals surface area contributed by atoms with E-state index >= 15 is 0 Å². The fraction of sp³-hybridized carbons (Fsp3) is 0.778. The summed E-state index contributed by atoms with van der Waals surface area (Å²) in [5.74, 6) is 0.447. The Morgan fingerprint density at radius 1 is 1.71 bits per heavy atom. The van der Waals surface area contributed by atoms with Crippen LogP contribution in [0.15, 0.2) is 0 Å². The van der Waals surface area contributed by atoms with Gasteiger partial charge in [-0.05, 0) is 24.4 Å². The molecule has 1 aromatic rings. The third-order valence-corrected chi connectivity index (χ3v) is 3.56. The fourth-order valence-corrected chi connectivity index (χ4v) is 2.60. The summed E-state index contributed by atoms with van der Waals surface area (Å²) >= 11 is 1.43. The maximum absolute atomic E-state index is 6.17. The van der Waals surface area contributed by atoms with Gasteiger partial charge in [0.25, 0.3) is 0 Å². The van der Waals surface area contributed by atoms with E-state index in [4.69, 9.17) is 10.5 Å². The molecule has 0 aliphatic carbocycles. The number of nitrogens with two attached hydrogens (primary N) is 1. The largest absolute Gasteiger partial charge is 0.381 e. The van der Waals surface area contributed by atoms with Crippen molar-refractivity contribution in [3.05, 3.63) is 10.6 Å². The SMILES string of the molecule is CCc1nnsc1C(N)C1CCOC1. The zero-order valence-electron chi connectivity index (χ0n) is 8.27. The molecule has 5 heteroatoms. The first-order valence-corrected chi connectivity index (χ1v) is 5.74. The molecular formula is C9H15N3OS. The minimum Gasteiger partial charge on any atom is -0.381 e. The lowest BCUT2D eigenvalue weighted by Crippen LogP contribution is -2.21. The van der Waals surface area contributed by atoms with E-state index in [9.17, 15) is 0 Å². The van der Waals surface area contributed by atoms with Crippen molar-refractivity contribution in [1.29, 1.82) is 0 Å². The molecule has 2 unspecified atom stereocenters. The molecule has 1 aromatic heterocycles. The average Bonchev–Trinajstić information content (AvgIpc) is 2.87. The molecule has 2 heterocycles. The van der Waals surface area contributed by atoms with Crippen molar-refractivity contribution in [2.45, 2.75) is 25.8 Å². The van der Waals surface area contributed by atoms with Gasteiger partial charge in [-0.25, -0.2) is 0 Å². The number of hydrogen-bond acceptors (Lipinski definition) is 5. The second-order valence-corrected chi connectivity index (χ2v) is 4.37. The summed E-state index contributed by atoms with van der Waals surface area (Å²) in [6.45, 7) is 3.70. The fourth-order valence-electron chi connectivity index (χ4n) is 1.76. The van der Waals surface area contributed by atoms with Crippen LogP contribution >= 0.6 is 11.5 Å². The van der Waals surface area contributed by atoms with Gasteiger partial charge in [-0.2, -0.15) is 0 Å². The van der Waals surface area contributed by atoms with Crippen LogP contribution in [0.3, 0.4) is 0 Å². The molecule has 4 nitrogen and oxygen atoms in total. The van der Waals surface area contributed by atoms with Gasteiger partial charge in [0.2, 0.25) is 0 Å². The quantitative estimate of drug-likeness (QED) is 0.817. The van der Waals surface area contributed by atoms with Crippen LogP contribution in [0.5, 0.6) is 0 Å². The second-order valence-electron chi connectivity index (χ2n) is 3.59. The van der Waals surface area contributed by atoms with Crippen LogP contribution in [0, 0.1) is 5.92 Å². The highest BCUT2D eigenvalue weighted by atomic mass is 32.1. The van der Waals surface area contributed by atoms with Gasteiger partial charge in [-0.3, -0.25) is 0 Å². The molecule has 1 fully saturated rings. The molecule has 0 radical (unpaired) electrons. The first kappa shape index (κ1) is 10.0. The van der Waals surface area contributed by atoms with Crippen molar-refractivity contribution in [2.24, 2.45) is 11.7 Å². The molecule has 1 saturated heterocycles. The average molecular weight is 213 g/mol. The Bertz CT molecular complexity index is 296. The van der Waals surface area contributed by atoms with Gasteiger partial charge in [0.1, 0.15) is 0 Å². The zero-order valence-corrected chi connectivity index (χ0v) is 9.09. The number of rotatable bonds is 3. The van der Waals surface area contributed by atoms with Crippen molar-refractivity contribution in [3.63, 3.8) is 0 Å². The Morgan fingerprint density at radius 3 is 3.21 bits per heavy atom. The highest BCUT2D eigenvalue weighted by molar-refractivity contribution is 7.05. The van der Waals surface area contributed by atoms with Crippen molar-refractivity contribution in [2.75, 3.05) is 13.2 Å². The van der Waals surface area contributed by atoms with E-state index in [0.717, 1.165) is 36.6 Å². The summed E-state index contributed by atoms with van der Waals surface area (Å²) < 4.78 is 9.29. The van der Waals surface area contributed by atoms with Crippen LogP contribution in [0.2, 0.25) is 0 Å². The molecule has 78 valence electrons. The zero-order chi connectivity index (χ0) is 9.97. The van der Waals surface area contributed by atoms with Crippen LogP contribution < -0.4 is 5.73 Å². The van der Waals surface area contributed by atoms with Crippen LogP contribution in [0.1, 0.15) is 30.0 Å². The Balaban J connectivity index is 2.12. The molecule has 0 spiro atoms. The highest BCUT2D eigenvalue weighted by Gasteiger charge is 2.27. The number of hydrogen-bond donors (Lipinski definition) is 1. The van der Waals surface area contributed by atoms with Gasteiger partial charge >= 0.3 is 0 Å². The first-order chi connectivity index (χ1) is 6.83. The van der Waals surface area contributed by atoms with E-state index in [0.29, 0.717) is 5.92 Å². The molecule has 14 heavy (non-hydrogen) atoms. The van der Waals surface area contributed by atoms with Crippen molar-refractivity contribution in [1.82, 2.24) is 9.59 Å². The number of ether oxygens (including phenoxy) is 1. The molecule has 1 aliphatic rings. The van der Waals surface area contributed by atoms with Crippen molar-refractivity contribution >= 4 is 11.5 Å². The summed E-state index contributed by atoms with van der Waals surface area (Å²) in [6.07, 6.45) is 1.97. The molecule has 0 saturated carbocycles. The molecule has 1 aliphatic heterocycles. The minimum atomic E-state index is 0.0625. The molecule has 2 N–H and O–H groups in total. The van der Waals surface area contributed by atoms with E-state index in [2.05, 4.69) is 16.5 Å². The minimum absolute atomic E-state index is 0.0625. The Morgan fingerprint density at radius 2 is 2.57 bits per heavy atom. The summed E-state index contributed by atoms with van der Waals surface area (Å²) in [5, 5.41) is 4.07. The van der Waals surface area contributed by atoms with Gasteiger partial charge in [-0.1, -0.05) is 11.4 Å². The Labute approximate surface area is 87.6 Å². The normalized spacial score (nSPS) is 24.0. The van der Waals surface area contributed by atoms with Crippen LogP contribution in [0.25, 0.3) is 0 Å². The number of nitrogens with zero attached hydrogens (tertiary/aromatic N) is 2. The molecule has 0 bridgehead atoms. The van der Waals surface area contributed by atoms with E-state index < -0.39 is 0 Å². The van der Waals surface area contributed by atoms with Crippen LogP contribution in [-0.4, -0.2) is 22.8 Å². The first-order valence-electron chi connectivity index (χ1n) is 4.97. The van der Waals surface area contributed by atoms with Crippen molar-refractivity contribution in [3.8, 4) is 0 Å². The summed E-state index contributed by atoms with van der Waals surface area (Å²) in [4.78, 5) is 1.14. The summed E-state index contributed by atoms with van der Waals surface area (Å²) in [7, 11) is 0. The maximum Gasteiger partial charge on any atom is 0.0801 e. The lowest BCUT2D eigenvalue weighted by molar-refractivity contribution is 0.181. The predicted octanol–water partition coefficient (Wildman–Crippen LogP) is 1.14. The van der Waals surface area contributed by atoms with Gasteiger partial charge in [0.15, 0.2) is 0 Å². The molecule has 0 aromatic carbocycles. The van der Waals surface area contributed by atoms with Crippen LogP contribution in [-0.2, 0) is 11.2 Å². The third-order valence-electron chi connectivity index (χ3n) is 2.70. The standard InChI is InChI=1S/C9H15N3OS/c1-2-7-9(14-12-11-7)8(10)6-3-4-13-5-6/h6,8H,2-5,10H2,1H3. The number of aromatic nitrogens is 2. The monoisotopic (exact) mass is 213 g/mol. The molecule has 2 atom stereocenters. The smallest absolute Gasteiger partial charge is 0.0801 e. The van der Waals surface area contributed by atoms with Gasteiger partial charge in [0.05, 0.1) is 17.2 Å². The van der Waals surface area contributed by atoms with E-state index in [1.54, 1.807) is 0 Å². The summed E-state index contributed by atoms with van der Waals surface area (Å²) in [6, 6.07) is 0.0625. The number of aryl methyl sites for hydroxylation is 1. The topological polar surface area (TPSA) is 61.0 Å². The second kappa shape index (κ2) is 4.33. The molecule has 0 amide bonds. The Kier molecular flexibility index (Phi) is 3.10. The Hall–Kier alpha value is -0.520. The van der Waals surface area contributed by atoms with E-state index in [1.165, 1.54) is 11.5 Å². The predicted molar refractivity (Wildman–Crippen MR) is 55.1 cm³/mol. The van der Waals surface area contributed by atoms with E-state index in [-0.39, 0.29) is 6.04 Å². The molecular weight excluding hydrogens is 198 g/mol. The maximum atomic E-state index is 6.17. The van der Waals surface area contributed by atoms with Crippen molar-refractivity contribution < 1.29 is 4.74 Å². The van der Waals surface area contributed by atoms with Gasteiger partial charge < -0.3 is 10.5 Å². The van der Waals surface area contributed by atoms with Gasteiger partial charge in [0, 0.05) is 18.6 Å². The van der Waals surface area contributed by atoms with Gasteiger partial charge in [-0.15, -0.1) is 5.10 Å². The van der Waals surface area contributed by atoms with E-state index in [1.807, 2.05) is 0 Å². The lowest BCUT2D eigenvalue weighted by Gasteiger charge is -2.15. The summed E-state index contributed by atoms with van der Waals surface area (Å²) in [5.41, 5.74) is 7.22. The lowest BCUT2D eigenvalue weighted by atomic mass is 9.97. The van der Waals surface area contributed by atoms with Crippen LogP contribution in [0.4, 0.5) is 0 Å². The highest BCUT2D eigenvalue weighted by Crippen LogP contribution is 2.30.